The summed E-state index contributed by atoms with van der Waals surface area (Å²) >= 11 is 0. The van der Waals surface area contributed by atoms with Gasteiger partial charge in [0.1, 0.15) is 0 Å². The summed E-state index contributed by atoms with van der Waals surface area (Å²) in [4.78, 5) is 13.2. The molecule has 1 amide bonds. The first kappa shape index (κ1) is 11.0. The summed E-state index contributed by atoms with van der Waals surface area (Å²) in [5.74, 6) is 0. The minimum absolute atomic E-state index is 0.262. The van der Waals surface area contributed by atoms with Crippen LogP contribution in [-0.2, 0) is 11.2 Å². The Morgan fingerprint density at radius 3 is 2.88 bits per heavy atom. The molecule has 1 N–H and O–H groups in total. The third-order valence-electron chi connectivity index (χ3n) is 3.02. The predicted molar refractivity (Wildman–Crippen MR) is 60.5 cm³/mol. The number of hydrogen-bond acceptors (Lipinski definition) is 3. The first-order valence-electron chi connectivity index (χ1n) is 5.28. The lowest BCUT2D eigenvalue weighted by Crippen LogP contribution is -2.49. The van der Waals surface area contributed by atoms with Crippen LogP contribution in [0.5, 0.6) is 0 Å². The van der Waals surface area contributed by atoms with Crippen molar-refractivity contribution < 1.29 is 14.6 Å². The third kappa shape index (κ3) is 1.65. The van der Waals surface area contributed by atoms with Crippen molar-refractivity contribution in [2.24, 2.45) is 0 Å². The molecule has 1 aliphatic rings. The molecule has 2 atom stereocenters. The average molecular weight is 221 g/mol. The summed E-state index contributed by atoms with van der Waals surface area (Å²) in [6, 6.07) is 7.30. The summed E-state index contributed by atoms with van der Waals surface area (Å²) in [5, 5.41) is 9.89. The zero-order valence-corrected chi connectivity index (χ0v) is 9.38. The highest BCUT2D eigenvalue weighted by atomic mass is 16.5. The lowest BCUT2D eigenvalue weighted by atomic mass is 9.94. The highest BCUT2D eigenvalue weighted by Gasteiger charge is 2.34. The van der Waals surface area contributed by atoms with Gasteiger partial charge >= 0.3 is 6.09 Å². The standard InChI is InChI=1S/C12H15NO3/c1-8-11(14)7-9-5-3-4-6-10(9)13(8)12(15)16-2/h3-6,8,11,14H,7H2,1-2H3. The quantitative estimate of drug-likeness (QED) is 0.723. The van der Waals surface area contributed by atoms with Crippen molar-refractivity contribution in [1.82, 2.24) is 0 Å². The van der Waals surface area contributed by atoms with Crippen molar-refractivity contribution in [1.29, 1.82) is 0 Å². The smallest absolute Gasteiger partial charge is 0.414 e. The Hall–Kier alpha value is -1.55. The molecule has 0 aliphatic carbocycles. The number of carbonyl (C=O) groups excluding carboxylic acids is 1. The number of rotatable bonds is 0. The van der Waals surface area contributed by atoms with Gasteiger partial charge in [-0.05, 0) is 18.6 Å². The number of nitrogens with zero attached hydrogens (tertiary/aromatic N) is 1. The Balaban J connectivity index is 2.45. The summed E-state index contributed by atoms with van der Waals surface area (Å²) in [7, 11) is 1.35. The van der Waals surface area contributed by atoms with Gasteiger partial charge in [0.15, 0.2) is 0 Å². The number of benzene rings is 1. The van der Waals surface area contributed by atoms with Gasteiger partial charge in [-0.2, -0.15) is 0 Å². The van der Waals surface area contributed by atoms with Gasteiger partial charge in [0.25, 0.3) is 0 Å². The Morgan fingerprint density at radius 1 is 1.50 bits per heavy atom. The van der Waals surface area contributed by atoms with E-state index in [4.69, 9.17) is 4.74 Å². The molecule has 0 saturated heterocycles. The van der Waals surface area contributed by atoms with Gasteiger partial charge in [-0.15, -0.1) is 0 Å². The third-order valence-corrected chi connectivity index (χ3v) is 3.02. The van der Waals surface area contributed by atoms with Gasteiger partial charge in [-0.3, -0.25) is 4.90 Å². The van der Waals surface area contributed by atoms with Crippen molar-refractivity contribution >= 4 is 11.8 Å². The van der Waals surface area contributed by atoms with E-state index in [-0.39, 0.29) is 6.04 Å². The number of para-hydroxylation sites is 1. The van der Waals surface area contributed by atoms with Crippen LogP contribution in [0.2, 0.25) is 0 Å². The maximum absolute atomic E-state index is 11.7. The molecule has 0 radical (unpaired) electrons. The number of anilines is 1. The molecule has 1 aromatic carbocycles. The maximum Gasteiger partial charge on any atom is 0.414 e. The van der Waals surface area contributed by atoms with Crippen LogP contribution in [0.25, 0.3) is 0 Å². The molecule has 1 heterocycles. The molecule has 2 unspecified atom stereocenters. The summed E-state index contributed by atoms with van der Waals surface area (Å²) < 4.78 is 4.74. The van der Waals surface area contributed by atoms with Gasteiger partial charge in [-0.1, -0.05) is 18.2 Å². The van der Waals surface area contributed by atoms with Crippen LogP contribution in [0.1, 0.15) is 12.5 Å². The van der Waals surface area contributed by atoms with E-state index in [1.807, 2.05) is 31.2 Å². The summed E-state index contributed by atoms with van der Waals surface area (Å²) in [6.07, 6.45) is -0.405. The van der Waals surface area contributed by atoms with E-state index >= 15 is 0 Å². The normalized spacial score (nSPS) is 23.8. The fraction of sp³-hybridized carbons (Fsp3) is 0.417. The minimum atomic E-state index is -0.547. The molecular weight excluding hydrogens is 206 g/mol. The van der Waals surface area contributed by atoms with Crippen molar-refractivity contribution in [3.05, 3.63) is 29.8 Å². The van der Waals surface area contributed by atoms with Gasteiger partial charge in [0.05, 0.1) is 24.9 Å². The topological polar surface area (TPSA) is 49.8 Å². The van der Waals surface area contributed by atoms with E-state index in [2.05, 4.69) is 0 Å². The van der Waals surface area contributed by atoms with Crippen LogP contribution in [0, 0.1) is 0 Å². The van der Waals surface area contributed by atoms with Crippen molar-refractivity contribution in [3.63, 3.8) is 0 Å². The molecule has 4 heteroatoms. The maximum atomic E-state index is 11.7. The van der Waals surface area contributed by atoms with Gasteiger partial charge in [-0.25, -0.2) is 4.79 Å². The van der Waals surface area contributed by atoms with E-state index in [9.17, 15) is 9.90 Å². The van der Waals surface area contributed by atoms with Gasteiger partial charge in [0.2, 0.25) is 0 Å². The Morgan fingerprint density at radius 2 is 2.19 bits per heavy atom. The zero-order valence-electron chi connectivity index (χ0n) is 9.38. The summed E-state index contributed by atoms with van der Waals surface area (Å²) in [5.41, 5.74) is 1.80. The van der Waals surface area contributed by atoms with Crippen molar-refractivity contribution in [2.75, 3.05) is 12.0 Å². The number of methoxy groups -OCH3 is 1. The highest BCUT2D eigenvalue weighted by Crippen LogP contribution is 2.30. The second-order valence-corrected chi connectivity index (χ2v) is 3.98. The fourth-order valence-electron chi connectivity index (χ4n) is 2.07. The van der Waals surface area contributed by atoms with Crippen LogP contribution in [0.3, 0.4) is 0 Å². The molecule has 1 aromatic rings. The number of amides is 1. The Kier molecular flexibility index (Phi) is 2.83. The number of carbonyl (C=O) groups is 1. The van der Waals surface area contributed by atoms with Crippen LogP contribution in [0.4, 0.5) is 10.5 Å². The number of hydrogen-bond donors (Lipinski definition) is 1. The van der Waals surface area contributed by atoms with E-state index in [0.29, 0.717) is 6.42 Å². The van der Waals surface area contributed by atoms with E-state index in [1.54, 1.807) is 0 Å². The average Bonchev–Trinajstić information content (AvgIpc) is 2.30. The number of aliphatic hydroxyl groups is 1. The second kappa shape index (κ2) is 4.14. The molecule has 0 aromatic heterocycles. The second-order valence-electron chi connectivity index (χ2n) is 3.98. The van der Waals surface area contributed by atoms with Crippen molar-refractivity contribution in [2.45, 2.75) is 25.5 Å². The molecule has 0 saturated carbocycles. The van der Waals surface area contributed by atoms with E-state index < -0.39 is 12.2 Å². The van der Waals surface area contributed by atoms with Gasteiger partial charge in [0, 0.05) is 6.42 Å². The number of fused-ring (bicyclic) bond motifs is 1. The Labute approximate surface area is 94.4 Å². The molecule has 86 valence electrons. The molecule has 0 fully saturated rings. The van der Waals surface area contributed by atoms with Gasteiger partial charge < -0.3 is 9.84 Å². The predicted octanol–water partition coefficient (Wildman–Crippen LogP) is 1.56. The molecule has 4 nitrogen and oxygen atoms in total. The SMILES string of the molecule is COC(=O)N1c2ccccc2CC(O)C1C. The molecule has 0 bridgehead atoms. The minimum Gasteiger partial charge on any atom is -0.452 e. The van der Waals surface area contributed by atoms with Crippen LogP contribution >= 0.6 is 0 Å². The van der Waals surface area contributed by atoms with Crippen LogP contribution in [-0.4, -0.2) is 30.5 Å². The lowest BCUT2D eigenvalue weighted by molar-refractivity contribution is 0.128. The molecule has 16 heavy (non-hydrogen) atoms. The molecule has 2 rings (SSSR count). The van der Waals surface area contributed by atoms with Crippen LogP contribution in [0.15, 0.2) is 24.3 Å². The molecule has 1 aliphatic heterocycles. The monoisotopic (exact) mass is 221 g/mol. The largest absolute Gasteiger partial charge is 0.452 e. The lowest BCUT2D eigenvalue weighted by Gasteiger charge is -2.37. The number of aliphatic hydroxyl groups excluding tert-OH is 1. The van der Waals surface area contributed by atoms with E-state index in [1.165, 1.54) is 12.0 Å². The zero-order chi connectivity index (χ0) is 11.7. The molecular formula is C12H15NO3. The van der Waals surface area contributed by atoms with Crippen LogP contribution < -0.4 is 4.90 Å². The first-order valence-corrected chi connectivity index (χ1v) is 5.28. The highest BCUT2D eigenvalue weighted by molar-refractivity contribution is 5.90. The van der Waals surface area contributed by atoms with E-state index in [0.717, 1.165) is 11.3 Å². The number of ether oxygens (including phenoxy) is 1. The molecule has 0 spiro atoms. The van der Waals surface area contributed by atoms with Crippen molar-refractivity contribution in [3.8, 4) is 0 Å². The fourth-order valence-corrected chi connectivity index (χ4v) is 2.07. The summed E-state index contributed by atoms with van der Waals surface area (Å²) in [6.45, 7) is 1.82. The Bertz CT molecular complexity index is 405. The first-order chi connectivity index (χ1) is 7.65.